The van der Waals surface area contributed by atoms with Crippen LogP contribution < -0.4 is 0 Å². The first-order chi connectivity index (χ1) is 6.52. The lowest BCUT2D eigenvalue weighted by molar-refractivity contribution is -0.141. The summed E-state index contributed by atoms with van der Waals surface area (Å²) in [7, 11) is 0. The maximum absolute atomic E-state index is 10.6. The van der Waals surface area contributed by atoms with Gasteiger partial charge in [0.2, 0.25) is 0 Å². The predicted octanol–water partition coefficient (Wildman–Crippen LogP) is 2.68. The molecule has 0 amide bonds. The van der Waals surface area contributed by atoms with Crippen molar-refractivity contribution in [3.63, 3.8) is 0 Å². The number of carbonyl (C=O) groups is 1. The lowest BCUT2D eigenvalue weighted by Gasteiger charge is -2.28. The number of rotatable bonds is 3. The lowest BCUT2D eigenvalue weighted by Crippen LogP contribution is -2.27. The second-order valence-corrected chi connectivity index (χ2v) is 4.44. The van der Waals surface area contributed by atoms with E-state index < -0.39 is 0 Å². The van der Waals surface area contributed by atoms with Gasteiger partial charge in [-0.05, 0) is 13.3 Å². The Morgan fingerprint density at radius 2 is 2.29 bits per heavy atom. The van der Waals surface area contributed by atoms with E-state index in [2.05, 4.69) is 6.08 Å². The monoisotopic (exact) mass is 214 g/mol. The van der Waals surface area contributed by atoms with E-state index in [1.165, 1.54) is 6.92 Å². The Morgan fingerprint density at radius 1 is 1.57 bits per heavy atom. The maximum atomic E-state index is 10.6. The van der Waals surface area contributed by atoms with Crippen LogP contribution in [0.3, 0.4) is 0 Å². The Bertz CT molecular complexity index is 266. The Balaban J connectivity index is 2.40. The summed E-state index contributed by atoms with van der Waals surface area (Å²) in [5.41, 5.74) is 0. The zero-order valence-electron chi connectivity index (χ0n) is 8.50. The summed E-state index contributed by atoms with van der Waals surface area (Å²) < 4.78 is 4.88. The van der Waals surface area contributed by atoms with Crippen molar-refractivity contribution in [1.82, 2.24) is 0 Å². The molecule has 1 rings (SSSR count). The topological polar surface area (TPSA) is 26.3 Å². The van der Waals surface area contributed by atoms with Crippen LogP contribution in [0, 0.1) is 5.92 Å². The van der Waals surface area contributed by atoms with Gasteiger partial charge in [0, 0.05) is 12.8 Å². The molecule has 0 aliphatic heterocycles. The normalized spacial score (nSPS) is 30.4. The molecular formula is C11H15ClO2. The Morgan fingerprint density at radius 3 is 2.86 bits per heavy atom. The fraction of sp³-hybridized carbons (Fsp3) is 0.545. The van der Waals surface area contributed by atoms with E-state index in [0.29, 0.717) is 6.61 Å². The van der Waals surface area contributed by atoms with Gasteiger partial charge in [-0.2, -0.15) is 0 Å². The number of carbonyl (C=O) groups excluding carboxylic acids is 1. The quantitative estimate of drug-likeness (QED) is 0.534. The fourth-order valence-corrected chi connectivity index (χ4v) is 1.72. The Kier molecular flexibility index (Phi) is 3.76. The molecule has 0 fully saturated rings. The van der Waals surface area contributed by atoms with Crippen molar-refractivity contribution in [3.05, 3.63) is 24.3 Å². The molecule has 0 N–H and O–H groups in total. The van der Waals surface area contributed by atoms with Crippen LogP contribution >= 0.6 is 11.6 Å². The van der Waals surface area contributed by atoms with Crippen molar-refractivity contribution < 1.29 is 9.53 Å². The molecule has 0 saturated carbocycles. The SMILES string of the molecule is CC(=O)OCCC1C=CC=CC1(C)Cl. The lowest BCUT2D eigenvalue weighted by atomic mass is 9.87. The second-order valence-electron chi connectivity index (χ2n) is 3.63. The summed E-state index contributed by atoms with van der Waals surface area (Å²) in [5, 5.41) is 0. The number of esters is 1. The van der Waals surface area contributed by atoms with Gasteiger partial charge in [0.1, 0.15) is 0 Å². The third-order valence-electron chi connectivity index (χ3n) is 2.34. The summed E-state index contributed by atoms with van der Waals surface area (Å²) in [6.07, 6.45) is 8.70. The Labute approximate surface area is 89.6 Å². The maximum Gasteiger partial charge on any atom is 0.302 e. The van der Waals surface area contributed by atoms with Gasteiger partial charge in [-0.15, -0.1) is 11.6 Å². The van der Waals surface area contributed by atoms with Crippen molar-refractivity contribution in [2.45, 2.75) is 25.1 Å². The van der Waals surface area contributed by atoms with Gasteiger partial charge in [0.15, 0.2) is 0 Å². The van der Waals surface area contributed by atoms with Crippen molar-refractivity contribution in [2.75, 3.05) is 6.61 Å². The molecule has 0 radical (unpaired) electrons. The highest BCUT2D eigenvalue weighted by molar-refractivity contribution is 6.25. The molecule has 14 heavy (non-hydrogen) atoms. The van der Waals surface area contributed by atoms with Crippen molar-refractivity contribution in [1.29, 1.82) is 0 Å². The van der Waals surface area contributed by atoms with Crippen LogP contribution in [0.25, 0.3) is 0 Å². The fourth-order valence-electron chi connectivity index (χ4n) is 1.46. The summed E-state index contributed by atoms with van der Waals surface area (Å²) in [6.45, 7) is 3.81. The number of halogens is 1. The van der Waals surface area contributed by atoms with Gasteiger partial charge in [-0.3, -0.25) is 4.79 Å². The van der Waals surface area contributed by atoms with Gasteiger partial charge in [-0.1, -0.05) is 24.3 Å². The van der Waals surface area contributed by atoms with Crippen LogP contribution in [0.1, 0.15) is 20.3 Å². The minimum absolute atomic E-state index is 0.230. The Hall–Kier alpha value is -0.760. The first-order valence-electron chi connectivity index (χ1n) is 4.70. The molecule has 0 aromatic rings. The molecule has 2 nitrogen and oxygen atoms in total. The molecular weight excluding hydrogens is 200 g/mol. The van der Waals surface area contributed by atoms with Gasteiger partial charge in [-0.25, -0.2) is 0 Å². The van der Waals surface area contributed by atoms with Gasteiger partial charge >= 0.3 is 5.97 Å². The second kappa shape index (κ2) is 4.65. The third-order valence-corrected chi connectivity index (χ3v) is 2.74. The van der Waals surface area contributed by atoms with E-state index in [9.17, 15) is 4.79 Å². The zero-order chi connectivity index (χ0) is 10.6. The highest BCUT2D eigenvalue weighted by Gasteiger charge is 2.28. The third kappa shape index (κ3) is 3.18. The summed E-state index contributed by atoms with van der Waals surface area (Å²) >= 11 is 6.27. The first-order valence-corrected chi connectivity index (χ1v) is 5.08. The molecule has 0 aromatic carbocycles. The molecule has 3 heteroatoms. The minimum Gasteiger partial charge on any atom is -0.466 e. The highest BCUT2D eigenvalue weighted by atomic mass is 35.5. The van der Waals surface area contributed by atoms with E-state index in [1.807, 2.05) is 25.2 Å². The molecule has 0 aromatic heterocycles. The molecule has 2 unspecified atom stereocenters. The largest absolute Gasteiger partial charge is 0.466 e. The molecule has 2 atom stereocenters. The van der Waals surface area contributed by atoms with Crippen LogP contribution in [-0.4, -0.2) is 17.5 Å². The van der Waals surface area contributed by atoms with Crippen molar-refractivity contribution in [3.8, 4) is 0 Å². The van der Waals surface area contributed by atoms with E-state index in [0.717, 1.165) is 6.42 Å². The smallest absolute Gasteiger partial charge is 0.302 e. The molecule has 1 aliphatic carbocycles. The number of ether oxygens (including phenoxy) is 1. The molecule has 1 aliphatic rings. The van der Waals surface area contributed by atoms with E-state index in [4.69, 9.17) is 16.3 Å². The van der Waals surface area contributed by atoms with Crippen LogP contribution in [0.2, 0.25) is 0 Å². The molecule has 0 spiro atoms. The van der Waals surface area contributed by atoms with E-state index in [-0.39, 0.29) is 16.8 Å². The molecule has 0 saturated heterocycles. The summed E-state index contributed by atoms with van der Waals surface area (Å²) in [4.78, 5) is 10.2. The average Bonchev–Trinajstić information content (AvgIpc) is 2.07. The number of allylic oxidation sites excluding steroid dienone is 4. The average molecular weight is 215 g/mol. The summed E-state index contributed by atoms with van der Waals surface area (Å²) in [5.74, 6) is -0.00915. The number of hydrogen-bond donors (Lipinski definition) is 0. The molecule has 78 valence electrons. The number of alkyl halides is 1. The van der Waals surface area contributed by atoms with Crippen molar-refractivity contribution in [2.24, 2.45) is 5.92 Å². The first kappa shape index (κ1) is 11.3. The molecule has 0 bridgehead atoms. The van der Waals surface area contributed by atoms with Crippen LogP contribution in [0.4, 0.5) is 0 Å². The minimum atomic E-state index is -0.352. The van der Waals surface area contributed by atoms with Crippen LogP contribution in [0.15, 0.2) is 24.3 Å². The van der Waals surface area contributed by atoms with Crippen LogP contribution in [-0.2, 0) is 9.53 Å². The van der Waals surface area contributed by atoms with Gasteiger partial charge in [0.05, 0.1) is 11.5 Å². The van der Waals surface area contributed by atoms with E-state index >= 15 is 0 Å². The predicted molar refractivity (Wildman–Crippen MR) is 57.3 cm³/mol. The van der Waals surface area contributed by atoms with Gasteiger partial charge < -0.3 is 4.74 Å². The standard InChI is InChI=1S/C11H15ClO2/c1-9(13)14-8-6-10-5-3-4-7-11(10,2)12/h3-5,7,10H,6,8H2,1-2H3. The summed E-state index contributed by atoms with van der Waals surface area (Å²) in [6, 6.07) is 0. The molecule has 0 heterocycles. The zero-order valence-corrected chi connectivity index (χ0v) is 9.25. The van der Waals surface area contributed by atoms with Crippen LogP contribution in [0.5, 0.6) is 0 Å². The van der Waals surface area contributed by atoms with Gasteiger partial charge in [0.25, 0.3) is 0 Å². The number of hydrogen-bond acceptors (Lipinski definition) is 2. The van der Waals surface area contributed by atoms with E-state index in [1.54, 1.807) is 0 Å². The highest BCUT2D eigenvalue weighted by Crippen LogP contribution is 2.32. The van der Waals surface area contributed by atoms with Crippen molar-refractivity contribution >= 4 is 17.6 Å².